The number of nitrogens with one attached hydrogen (secondary N) is 1. The number of ether oxygens (including phenoxy) is 1. The third-order valence-electron chi connectivity index (χ3n) is 1.73. The van der Waals surface area contributed by atoms with Crippen molar-refractivity contribution in [2.24, 2.45) is 0 Å². The summed E-state index contributed by atoms with van der Waals surface area (Å²) in [6.45, 7) is 3.93. The van der Waals surface area contributed by atoms with Crippen LogP contribution in [0.4, 0.5) is 0 Å². The zero-order valence-electron chi connectivity index (χ0n) is 9.11. The lowest BCUT2D eigenvalue weighted by atomic mass is 10.2. The lowest BCUT2D eigenvalue weighted by molar-refractivity contribution is 0.112. The second kappa shape index (κ2) is 5.36. The molecule has 4 heteroatoms. The van der Waals surface area contributed by atoms with Crippen molar-refractivity contribution in [3.8, 4) is 11.5 Å². The van der Waals surface area contributed by atoms with Crippen LogP contribution < -0.4 is 15.1 Å². The van der Waals surface area contributed by atoms with Crippen LogP contribution in [0.2, 0.25) is 0 Å². The first-order valence-electron chi connectivity index (χ1n) is 4.73. The van der Waals surface area contributed by atoms with E-state index < -0.39 is 0 Å². The van der Waals surface area contributed by atoms with Gasteiger partial charge in [-0.25, -0.2) is 0 Å². The molecule has 0 aliphatic rings. The molecule has 4 nitrogen and oxygen atoms in total. The fourth-order valence-electron chi connectivity index (χ4n) is 1.02. The van der Waals surface area contributed by atoms with E-state index >= 15 is 0 Å². The van der Waals surface area contributed by atoms with Crippen molar-refractivity contribution in [1.82, 2.24) is 5.48 Å². The van der Waals surface area contributed by atoms with Gasteiger partial charge in [0.1, 0.15) is 6.29 Å². The zero-order valence-corrected chi connectivity index (χ0v) is 9.11. The smallest absolute Gasteiger partial charge is 0.188 e. The van der Waals surface area contributed by atoms with Crippen molar-refractivity contribution in [3.63, 3.8) is 0 Å². The van der Waals surface area contributed by atoms with E-state index in [1.807, 2.05) is 13.8 Å². The van der Waals surface area contributed by atoms with E-state index in [1.54, 1.807) is 18.2 Å². The minimum absolute atomic E-state index is 0.209. The first-order chi connectivity index (χ1) is 7.17. The number of carbonyl (C=O) groups excluding carboxylic acids is 1. The minimum Gasteiger partial charge on any atom is -0.493 e. The fraction of sp³-hybridized carbons (Fsp3) is 0.364. The molecule has 0 atom stereocenters. The van der Waals surface area contributed by atoms with E-state index in [9.17, 15) is 4.79 Å². The summed E-state index contributed by atoms with van der Waals surface area (Å²) < 4.78 is 5.10. The largest absolute Gasteiger partial charge is 0.493 e. The minimum atomic E-state index is 0.209. The first-order valence-corrected chi connectivity index (χ1v) is 4.73. The molecular weight excluding hydrogens is 194 g/mol. The van der Waals surface area contributed by atoms with Gasteiger partial charge in [0.05, 0.1) is 7.11 Å². The number of carbonyl (C=O) groups is 1. The molecule has 0 radical (unpaired) electrons. The average molecular weight is 209 g/mol. The molecule has 1 aromatic carbocycles. The monoisotopic (exact) mass is 209 g/mol. The molecule has 0 amide bonds. The Balaban J connectivity index is 2.82. The van der Waals surface area contributed by atoms with Crippen molar-refractivity contribution in [2.75, 3.05) is 7.11 Å². The van der Waals surface area contributed by atoms with Crippen molar-refractivity contribution in [2.45, 2.75) is 19.9 Å². The standard InChI is InChI=1S/C11H15NO3/c1-8(2)12-15-10-5-4-9(7-13)6-11(10)14-3/h4-8,12H,1-3H3. The van der Waals surface area contributed by atoms with Gasteiger partial charge in [-0.2, -0.15) is 5.48 Å². The predicted molar refractivity (Wildman–Crippen MR) is 57.3 cm³/mol. The van der Waals surface area contributed by atoms with Gasteiger partial charge in [0, 0.05) is 11.6 Å². The number of aldehydes is 1. The van der Waals surface area contributed by atoms with Gasteiger partial charge < -0.3 is 9.57 Å². The van der Waals surface area contributed by atoms with E-state index in [4.69, 9.17) is 9.57 Å². The third-order valence-corrected chi connectivity index (χ3v) is 1.73. The Hall–Kier alpha value is -1.55. The van der Waals surface area contributed by atoms with Gasteiger partial charge in [-0.3, -0.25) is 4.79 Å². The summed E-state index contributed by atoms with van der Waals surface area (Å²) in [4.78, 5) is 15.8. The maximum atomic E-state index is 10.5. The van der Waals surface area contributed by atoms with Gasteiger partial charge in [0.25, 0.3) is 0 Å². The van der Waals surface area contributed by atoms with Gasteiger partial charge >= 0.3 is 0 Å². The van der Waals surface area contributed by atoms with Crippen LogP contribution in [0.5, 0.6) is 11.5 Å². The number of benzene rings is 1. The van der Waals surface area contributed by atoms with Gasteiger partial charge in [0.15, 0.2) is 11.5 Å². The van der Waals surface area contributed by atoms with E-state index in [2.05, 4.69) is 5.48 Å². The third kappa shape index (κ3) is 3.25. The van der Waals surface area contributed by atoms with E-state index in [-0.39, 0.29) is 6.04 Å². The molecule has 0 saturated heterocycles. The Morgan fingerprint density at radius 2 is 2.07 bits per heavy atom. The second-order valence-electron chi connectivity index (χ2n) is 3.40. The Morgan fingerprint density at radius 3 is 2.60 bits per heavy atom. The molecule has 0 unspecified atom stereocenters. The summed E-state index contributed by atoms with van der Waals surface area (Å²) in [6.07, 6.45) is 0.766. The summed E-state index contributed by atoms with van der Waals surface area (Å²) in [5, 5.41) is 0. The van der Waals surface area contributed by atoms with Gasteiger partial charge in [-0.1, -0.05) is 0 Å². The normalized spacial score (nSPS) is 10.1. The lowest BCUT2D eigenvalue weighted by Crippen LogP contribution is -2.26. The number of hydrogen-bond donors (Lipinski definition) is 1. The van der Waals surface area contributed by atoms with Crippen LogP contribution in [-0.2, 0) is 0 Å². The summed E-state index contributed by atoms with van der Waals surface area (Å²) >= 11 is 0. The van der Waals surface area contributed by atoms with E-state index in [0.717, 1.165) is 6.29 Å². The van der Waals surface area contributed by atoms with Crippen LogP contribution in [0, 0.1) is 0 Å². The van der Waals surface area contributed by atoms with Crippen LogP contribution in [0.3, 0.4) is 0 Å². The van der Waals surface area contributed by atoms with E-state index in [1.165, 1.54) is 7.11 Å². The predicted octanol–water partition coefficient (Wildman–Crippen LogP) is 1.80. The molecule has 0 bridgehead atoms. The lowest BCUT2D eigenvalue weighted by Gasteiger charge is -2.12. The Labute approximate surface area is 89.1 Å². The highest BCUT2D eigenvalue weighted by Crippen LogP contribution is 2.26. The maximum Gasteiger partial charge on any atom is 0.188 e. The topological polar surface area (TPSA) is 47.6 Å². The molecule has 0 spiro atoms. The van der Waals surface area contributed by atoms with Crippen LogP contribution in [0.1, 0.15) is 24.2 Å². The summed E-state index contributed by atoms with van der Waals surface area (Å²) in [5.41, 5.74) is 3.36. The molecule has 1 aromatic rings. The average Bonchev–Trinajstić information content (AvgIpc) is 2.25. The second-order valence-corrected chi connectivity index (χ2v) is 3.40. The van der Waals surface area contributed by atoms with Crippen molar-refractivity contribution in [3.05, 3.63) is 23.8 Å². The number of hydroxylamine groups is 1. The maximum absolute atomic E-state index is 10.5. The SMILES string of the molecule is COc1cc(C=O)ccc1ONC(C)C. The fourth-order valence-corrected chi connectivity index (χ4v) is 1.02. The van der Waals surface area contributed by atoms with Crippen LogP contribution >= 0.6 is 0 Å². The molecule has 0 aliphatic heterocycles. The zero-order chi connectivity index (χ0) is 11.3. The molecule has 0 aromatic heterocycles. The number of rotatable bonds is 5. The summed E-state index contributed by atoms with van der Waals surface area (Å²) in [6, 6.07) is 5.20. The number of hydrogen-bond acceptors (Lipinski definition) is 4. The molecule has 1 N–H and O–H groups in total. The molecule has 15 heavy (non-hydrogen) atoms. The van der Waals surface area contributed by atoms with Gasteiger partial charge in [0.2, 0.25) is 0 Å². The van der Waals surface area contributed by atoms with E-state index in [0.29, 0.717) is 17.1 Å². The highest BCUT2D eigenvalue weighted by atomic mass is 16.7. The van der Waals surface area contributed by atoms with Crippen LogP contribution in [0.25, 0.3) is 0 Å². The summed E-state index contributed by atoms with van der Waals surface area (Å²) in [7, 11) is 1.53. The van der Waals surface area contributed by atoms with Crippen LogP contribution in [0.15, 0.2) is 18.2 Å². The van der Waals surface area contributed by atoms with Gasteiger partial charge in [-0.15, -0.1) is 0 Å². The molecule has 0 saturated carbocycles. The highest BCUT2D eigenvalue weighted by Gasteiger charge is 2.06. The quantitative estimate of drug-likeness (QED) is 0.593. The Bertz CT molecular complexity index is 337. The molecule has 0 fully saturated rings. The Morgan fingerprint density at radius 1 is 1.33 bits per heavy atom. The summed E-state index contributed by atoms with van der Waals surface area (Å²) in [5.74, 6) is 1.10. The Kier molecular flexibility index (Phi) is 4.12. The van der Waals surface area contributed by atoms with Crippen molar-refractivity contribution >= 4 is 6.29 Å². The van der Waals surface area contributed by atoms with Crippen molar-refractivity contribution in [1.29, 1.82) is 0 Å². The molecular formula is C11H15NO3. The molecule has 0 aliphatic carbocycles. The van der Waals surface area contributed by atoms with Crippen molar-refractivity contribution < 1.29 is 14.4 Å². The highest BCUT2D eigenvalue weighted by molar-refractivity contribution is 5.76. The molecule has 0 heterocycles. The first kappa shape index (κ1) is 11.5. The molecule has 82 valence electrons. The molecule has 1 rings (SSSR count). The van der Waals surface area contributed by atoms with Crippen LogP contribution in [-0.4, -0.2) is 19.4 Å². The van der Waals surface area contributed by atoms with Gasteiger partial charge in [-0.05, 0) is 32.0 Å². The number of methoxy groups -OCH3 is 1.